The Labute approximate surface area is 286 Å². The van der Waals surface area contributed by atoms with E-state index in [4.69, 9.17) is 9.47 Å². The quantitative estimate of drug-likeness (QED) is 0.181. The first-order valence-electron chi connectivity index (χ1n) is 15.6. The molecule has 0 saturated heterocycles. The molecule has 0 fully saturated rings. The maximum atomic E-state index is 14.8. The molecular formula is C38H27F3N4O4S. The predicted octanol–water partition coefficient (Wildman–Crippen LogP) is 6.38. The molecule has 3 heterocycles. The van der Waals surface area contributed by atoms with Gasteiger partial charge in [0.25, 0.3) is 5.56 Å². The van der Waals surface area contributed by atoms with Crippen LogP contribution in [0.3, 0.4) is 0 Å². The molecule has 6 aromatic rings. The number of hydrogen-bond acceptors (Lipinski definition) is 7. The highest BCUT2D eigenvalue weighted by Crippen LogP contribution is 2.43. The molecule has 0 N–H and O–H groups in total. The maximum absolute atomic E-state index is 14.8. The first-order chi connectivity index (χ1) is 24.1. The van der Waals surface area contributed by atoms with E-state index in [1.165, 1.54) is 14.0 Å². The number of carbonyl (C=O) groups is 1. The number of rotatable bonds is 7. The number of methoxy groups -OCH3 is 1. The third-order valence-corrected chi connectivity index (χ3v) is 9.59. The number of nitriles is 1. The zero-order chi connectivity index (χ0) is 35.2. The number of carbonyl (C=O) groups excluding carboxylic acids is 1. The molecule has 0 bridgehead atoms. The lowest BCUT2D eigenvalue weighted by molar-refractivity contribution is -0.140. The Morgan fingerprint density at radius 3 is 2.48 bits per heavy atom. The molecule has 250 valence electrons. The highest BCUT2D eigenvalue weighted by Gasteiger charge is 2.46. The number of ether oxygens (including phenoxy) is 2. The Morgan fingerprint density at radius 1 is 1.02 bits per heavy atom. The van der Waals surface area contributed by atoms with Crippen molar-refractivity contribution >= 4 is 45.1 Å². The van der Waals surface area contributed by atoms with Gasteiger partial charge in [-0.25, -0.2) is 9.79 Å². The summed E-state index contributed by atoms with van der Waals surface area (Å²) in [7, 11) is 1.38. The molecule has 1 aliphatic heterocycles. The third-order valence-electron chi connectivity index (χ3n) is 8.60. The number of fused-ring (bicyclic) bond motifs is 3. The van der Waals surface area contributed by atoms with Crippen LogP contribution < -0.4 is 19.6 Å². The summed E-state index contributed by atoms with van der Waals surface area (Å²) in [5, 5.41) is 11.6. The molecular weight excluding hydrogens is 666 g/mol. The first kappa shape index (κ1) is 32.6. The minimum atomic E-state index is -5.06. The average molecular weight is 693 g/mol. The molecule has 0 saturated carbocycles. The van der Waals surface area contributed by atoms with Crippen LogP contribution in [0.15, 0.2) is 112 Å². The molecule has 50 heavy (non-hydrogen) atoms. The van der Waals surface area contributed by atoms with Gasteiger partial charge in [-0.2, -0.15) is 18.4 Å². The molecule has 0 radical (unpaired) electrons. The number of alkyl halides is 3. The summed E-state index contributed by atoms with van der Waals surface area (Å²) in [6, 6.07) is 25.8. The lowest BCUT2D eigenvalue weighted by Gasteiger charge is -2.28. The van der Waals surface area contributed by atoms with Crippen LogP contribution in [0.1, 0.15) is 35.2 Å². The summed E-state index contributed by atoms with van der Waals surface area (Å²) < 4.78 is 58.5. The smallest absolute Gasteiger partial charge is 0.434 e. The minimum absolute atomic E-state index is 0.111. The number of nitrogens with zero attached hydrogens (tertiary/aromatic N) is 4. The van der Waals surface area contributed by atoms with Gasteiger partial charge in [-0.05, 0) is 47.5 Å². The number of benzene rings is 4. The Morgan fingerprint density at radius 2 is 1.74 bits per heavy atom. The Kier molecular flexibility index (Phi) is 8.37. The van der Waals surface area contributed by atoms with Crippen molar-refractivity contribution in [1.29, 1.82) is 5.26 Å². The Balaban J connectivity index is 1.50. The molecule has 2 aromatic heterocycles. The zero-order valence-electron chi connectivity index (χ0n) is 26.7. The standard InChI is InChI=1S/C38H27F3N4O4S/c1-3-49-36(47)32-33(31-27-14-7-6-10-22(27)16-17-29(31)48-2)45-35(46)30(50-37(45)43-34(32)38(39,40)41)18-25-21-44(28-15-9-8-13-26(25)28)20-24-12-5-4-11-23(24)19-42/h4-18,21,33H,3,20H2,1-2H3/b30-18+/t33-/m1/s1. The van der Waals surface area contributed by atoms with E-state index in [1.807, 2.05) is 47.2 Å². The highest BCUT2D eigenvalue weighted by molar-refractivity contribution is 7.07. The molecule has 7 rings (SSSR count). The van der Waals surface area contributed by atoms with Crippen molar-refractivity contribution in [2.75, 3.05) is 13.7 Å². The summed E-state index contributed by atoms with van der Waals surface area (Å²) in [6.45, 7) is 1.67. The number of hydrogen-bond donors (Lipinski definition) is 0. The fourth-order valence-electron chi connectivity index (χ4n) is 6.46. The van der Waals surface area contributed by atoms with Crippen LogP contribution in [0.25, 0.3) is 27.8 Å². The van der Waals surface area contributed by atoms with E-state index in [1.54, 1.807) is 54.6 Å². The van der Waals surface area contributed by atoms with Gasteiger partial charge in [-0.15, -0.1) is 0 Å². The summed E-state index contributed by atoms with van der Waals surface area (Å²) in [6.07, 6.45) is -1.59. The summed E-state index contributed by atoms with van der Waals surface area (Å²) in [4.78, 5) is 31.7. The van der Waals surface area contributed by atoms with E-state index in [0.29, 0.717) is 28.4 Å². The van der Waals surface area contributed by atoms with Gasteiger partial charge >= 0.3 is 12.1 Å². The van der Waals surface area contributed by atoms with Crippen molar-refractivity contribution in [2.45, 2.75) is 25.7 Å². The van der Waals surface area contributed by atoms with E-state index < -0.39 is 35.0 Å². The van der Waals surface area contributed by atoms with E-state index in [9.17, 15) is 28.0 Å². The monoisotopic (exact) mass is 692 g/mol. The van der Waals surface area contributed by atoms with Gasteiger partial charge in [-0.3, -0.25) is 9.36 Å². The molecule has 0 unspecified atom stereocenters. The van der Waals surface area contributed by atoms with Crippen molar-refractivity contribution in [3.8, 4) is 11.8 Å². The van der Waals surface area contributed by atoms with Crippen molar-refractivity contribution in [3.63, 3.8) is 0 Å². The number of para-hydroxylation sites is 1. The molecule has 8 nitrogen and oxygen atoms in total. The van der Waals surface area contributed by atoms with Crippen LogP contribution in [-0.2, 0) is 16.1 Å². The fraction of sp³-hybridized carbons (Fsp3) is 0.158. The molecule has 4 aromatic carbocycles. The Hall–Kier alpha value is -5.93. The van der Waals surface area contributed by atoms with Gasteiger partial charge in [0.05, 0.1) is 35.5 Å². The van der Waals surface area contributed by atoms with Crippen molar-refractivity contribution in [2.24, 2.45) is 4.99 Å². The maximum Gasteiger partial charge on any atom is 0.434 e. The third kappa shape index (κ3) is 5.55. The second-order valence-electron chi connectivity index (χ2n) is 11.5. The minimum Gasteiger partial charge on any atom is -0.496 e. The molecule has 0 aliphatic carbocycles. The fourth-order valence-corrected chi connectivity index (χ4v) is 7.45. The first-order valence-corrected chi connectivity index (χ1v) is 16.4. The number of halogens is 3. The molecule has 1 aliphatic rings. The summed E-state index contributed by atoms with van der Waals surface area (Å²) >= 11 is 0.798. The molecule has 12 heteroatoms. The van der Waals surface area contributed by atoms with Gasteiger partial charge in [0.2, 0.25) is 0 Å². The van der Waals surface area contributed by atoms with Crippen LogP contribution in [-0.4, -0.2) is 35.0 Å². The summed E-state index contributed by atoms with van der Waals surface area (Å²) in [5.74, 6) is -1.05. The molecule has 0 spiro atoms. The lowest BCUT2D eigenvalue weighted by atomic mass is 9.90. The van der Waals surface area contributed by atoms with Crippen LogP contribution in [0, 0.1) is 11.3 Å². The normalized spacial score (nSPS) is 14.8. The van der Waals surface area contributed by atoms with E-state index >= 15 is 0 Å². The summed E-state index contributed by atoms with van der Waals surface area (Å²) in [5.41, 5.74) is 0.131. The van der Waals surface area contributed by atoms with E-state index in [0.717, 1.165) is 32.4 Å². The van der Waals surface area contributed by atoms with Crippen LogP contribution in [0.4, 0.5) is 13.2 Å². The van der Waals surface area contributed by atoms with Gasteiger partial charge < -0.3 is 14.0 Å². The SMILES string of the molecule is CCOC(=O)C1=C(C(F)(F)F)N=c2s/c(=C/c3cn(Cc4ccccc4C#N)c4ccccc34)c(=O)n2[C@@H]1c1c(OC)ccc2ccccc12. The topological polar surface area (TPSA) is 98.6 Å². The number of allylic oxidation sites excluding steroid dienone is 1. The van der Waals surface area contributed by atoms with Crippen LogP contribution in [0.2, 0.25) is 0 Å². The predicted molar refractivity (Wildman–Crippen MR) is 183 cm³/mol. The second-order valence-corrected chi connectivity index (χ2v) is 12.5. The van der Waals surface area contributed by atoms with Crippen LogP contribution in [0.5, 0.6) is 5.75 Å². The van der Waals surface area contributed by atoms with E-state index in [-0.39, 0.29) is 27.3 Å². The number of esters is 1. The van der Waals surface area contributed by atoms with Crippen molar-refractivity contribution in [3.05, 3.63) is 144 Å². The molecule has 1 atom stereocenters. The number of aromatic nitrogens is 2. The second kappa shape index (κ2) is 12.8. The van der Waals surface area contributed by atoms with Crippen LogP contribution >= 0.6 is 11.3 Å². The zero-order valence-corrected chi connectivity index (χ0v) is 27.5. The van der Waals surface area contributed by atoms with E-state index in [2.05, 4.69) is 11.1 Å². The number of thiazole rings is 1. The molecule has 0 amide bonds. The van der Waals surface area contributed by atoms with Crippen molar-refractivity contribution < 1.29 is 27.4 Å². The van der Waals surface area contributed by atoms with Gasteiger partial charge in [0.15, 0.2) is 10.5 Å². The van der Waals surface area contributed by atoms with Gasteiger partial charge in [0.1, 0.15) is 11.8 Å². The highest BCUT2D eigenvalue weighted by atomic mass is 32.1. The van der Waals surface area contributed by atoms with Gasteiger partial charge in [-0.1, -0.05) is 78.1 Å². The van der Waals surface area contributed by atoms with Gasteiger partial charge in [0, 0.05) is 34.8 Å². The largest absolute Gasteiger partial charge is 0.496 e. The Bertz CT molecular complexity index is 2590. The lowest BCUT2D eigenvalue weighted by Crippen LogP contribution is -2.41. The average Bonchev–Trinajstić information content (AvgIpc) is 3.62. The van der Waals surface area contributed by atoms with Crippen molar-refractivity contribution in [1.82, 2.24) is 9.13 Å².